The number of carboxylic acids is 1. The molecule has 472 valence electrons. The lowest BCUT2D eigenvalue weighted by Crippen LogP contribution is -2.57. The van der Waals surface area contributed by atoms with Crippen LogP contribution in [-0.2, 0) is 72.9 Å². The number of aliphatic carboxylic acids is 1. The molecule has 9 unspecified atom stereocenters. The van der Waals surface area contributed by atoms with Gasteiger partial charge in [0.1, 0.15) is 66.1 Å². The fourth-order valence-corrected chi connectivity index (χ4v) is 10.2. The van der Waals surface area contributed by atoms with E-state index in [2.05, 4.69) is 0 Å². The number of carbonyl (C=O) groups is 4. The fourth-order valence-electron chi connectivity index (χ4n) is 10.2. The summed E-state index contributed by atoms with van der Waals surface area (Å²) in [5.41, 5.74) is -1.58. The monoisotopic (exact) mass is 1190 g/mol. The normalized spacial score (nSPS) is 29.3. The molecule has 2 aromatic rings. The Hall–Kier alpha value is -4.34. The molecule has 0 radical (unpaired) electrons. The Morgan fingerprint density at radius 3 is 2.01 bits per heavy atom. The summed E-state index contributed by atoms with van der Waals surface area (Å²) in [5, 5.41) is 117. The van der Waals surface area contributed by atoms with Crippen LogP contribution in [0.5, 0.6) is 17.2 Å². The number of esters is 1. The van der Waals surface area contributed by atoms with Crippen molar-refractivity contribution in [1.82, 2.24) is 0 Å². The van der Waals surface area contributed by atoms with E-state index in [9.17, 15) is 70.2 Å². The number of fused-ring (bicyclic) bond motifs is 2. The third kappa shape index (κ3) is 17.9. The van der Waals surface area contributed by atoms with Crippen molar-refractivity contribution in [2.75, 3.05) is 26.9 Å². The van der Waals surface area contributed by atoms with Crippen LogP contribution in [0, 0.1) is 12.8 Å². The number of phenols is 2. The molecule has 27 nitrogen and oxygen atoms in total. The summed E-state index contributed by atoms with van der Waals surface area (Å²) in [7, 11) is 1.13. The van der Waals surface area contributed by atoms with E-state index >= 15 is 0 Å². The molecule has 1 aliphatic carbocycles. The zero-order valence-corrected chi connectivity index (χ0v) is 48.9. The zero-order valence-electron chi connectivity index (χ0n) is 48.9. The number of rotatable bonds is 31. The first kappa shape index (κ1) is 69.4. The molecule has 0 spiro atoms. The number of aliphatic hydroxyl groups is 8. The molecule has 2 aliphatic heterocycles. The van der Waals surface area contributed by atoms with Gasteiger partial charge in [-0.05, 0) is 106 Å². The van der Waals surface area contributed by atoms with Crippen molar-refractivity contribution in [3.8, 4) is 17.2 Å². The second-order valence-corrected chi connectivity index (χ2v) is 21.9. The van der Waals surface area contributed by atoms with Gasteiger partial charge in [0.05, 0.1) is 85.8 Å². The molecule has 2 fully saturated rings. The van der Waals surface area contributed by atoms with Crippen LogP contribution in [0.3, 0.4) is 0 Å². The highest BCUT2D eigenvalue weighted by Crippen LogP contribution is 2.47. The first-order valence-electron chi connectivity index (χ1n) is 27.7. The van der Waals surface area contributed by atoms with Crippen molar-refractivity contribution < 1.29 is 132 Å². The number of methoxy groups -OCH3 is 1. The summed E-state index contributed by atoms with van der Waals surface area (Å²) in [4.78, 5) is 52.7. The third-order valence-corrected chi connectivity index (χ3v) is 15.2. The minimum absolute atomic E-state index is 0.0251. The summed E-state index contributed by atoms with van der Waals surface area (Å²) in [6.07, 6.45) is -25.1. The molecular weight excluding hydrogens is 1100 g/mol. The van der Waals surface area contributed by atoms with Crippen molar-refractivity contribution in [2.24, 2.45) is 5.92 Å². The van der Waals surface area contributed by atoms with Gasteiger partial charge >= 0.3 is 11.9 Å². The largest absolute Gasteiger partial charge is 0.507 e. The lowest BCUT2D eigenvalue weighted by atomic mass is 9.75. The molecule has 0 saturated carbocycles. The van der Waals surface area contributed by atoms with E-state index in [1.165, 1.54) is 53.7 Å². The van der Waals surface area contributed by atoms with Crippen molar-refractivity contribution in [2.45, 2.75) is 237 Å². The number of aromatic hydroxyl groups is 2. The minimum Gasteiger partial charge on any atom is -0.507 e. The van der Waals surface area contributed by atoms with Gasteiger partial charge in [0.25, 0.3) is 0 Å². The third-order valence-electron chi connectivity index (χ3n) is 15.2. The highest BCUT2D eigenvalue weighted by Gasteiger charge is 2.49. The molecule has 11 N–H and O–H groups in total. The number of carboxylic acid groups (broad SMARTS) is 1. The second kappa shape index (κ2) is 30.3. The molecule has 83 heavy (non-hydrogen) atoms. The quantitative estimate of drug-likeness (QED) is 0.0369. The molecule has 2 aromatic carbocycles. The Morgan fingerprint density at radius 1 is 0.795 bits per heavy atom. The standard InChI is InChI=1S/C56H86O27/c1-23-39(81-31(9)76-25(3)37(59)21-73-30(8)75-24(2)36(58)20-57)17-34-15-33-16-35(53(72-12)52(69)49(66)28(6)78-42(63)14-13-41(61)62)54(51(68)46(33)50(67)45(34)47(23)64)82-32(10)77-26(4)38(60)22-74-43-18-40(48(65)27(5)79-43)83-44-19-56(11,71)55(70)29(7)80-44/h15,17,24-32,35-38,40,43-44,48-49,53-55,57-60,64-67,70-71H,13-14,16,18-22H2,1-12H3,(H,61,62)/t24?,25?,26?,27?,28-,29?,30?,31+,32?,35+,36+,37+,38+,40?,43-,44+,48+,49+,53+,54+,55-,56?/m1/s1. The van der Waals surface area contributed by atoms with E-state index < -0.39 is 196 Å². The van der Waals surface area contributed by atoms with Gasteiger partial charge in [-0.15, -0.1) is 0 Å². The second-order valence-electron chi connectivity index (χ2n) is 21.9. The molecule has 3 aliphatic rings. The Balaban J connectivity index is 1.35. The lowest BCUT2D eigenvalue weighted by molar-refractivity contribution is -0.319. The van der Waals surface area contributed by atoms with Crippen LogP contribution in [0.15, 0.2) is 12.1 Å². The van der Waals surface area contributed by atoms with E-state index in [1.807, 2.05) is 0 Å². The zero-order chi connectivity index (χ0) is 62.1. The molecule has 2 heterocycles. The van der Waals surface area contributed by atoms with E-state index in [1.54, 1.807) is 34.6 Å². The van der Waals surface area contributed by atoms with Gasteiger partial charge in [-0.3, -0.25) is 19.2 Å². The Labute approximate surface area is 481 Å². The molecule has 5 rings (SSSR count). The van der Waals surface area contributed by atoms with Gasteiger partial charge in [0.15, 0.2) is 49.1 Å². The van der Waals surface area contributed by atoms with E-state index in [-0.39, 0.29) is 59.1 Å². The number of ether oxygens (including phenoxy) is 12. The molecule has 2 saturated heterocycles. The molecule has 0 aromatic heterocycles. The Bertz CT molecular complexity index is 2470. The van der Waals surface area contributed by atoms with Crippen LogP contribution in [0.1, 0.15) is 116 Å². The summed E-state index contributed by atoms with van der Waals surface area (Å²) in [5.74, 6) is -6.68. The van der Waals surface area contributed by atoms with Gasteiger partial charge in [0, 0.05) is 31.4 Å². The number of benzene rings is 2. The van der Waals surface area contributed by atoms with Gasteiger partial charge in [-0.25, -0.2) is 0 Å². The van der Waals surface area contributed by atoms with E-state index in [0.29, 0.717) is 0 Å². The highest BCUT2D eigenvalue weighted by atomic mass is 16.7. The van der Waals surface area contributed by atoms with E-state index in [4.69, 9.17) is 61.9 Å². The summed E-state index contributed by atoms with van der Waals surface area (Å²) < 4.78 is 69.7. The SMILES string of the molecule is CO[C@H](C(=O)[C@@H](O)[C@@H](C)OC(=O)CCC(=O)O)[C@@H]1Cc2cc3cc(O[C@@H](C)OC(C)[C@@H](O)COC(C)OC(C)[C@@H](O)CO)c(C)c(O)c3c(O)c2C(=O)[C@H]1OC(C)OC(C)[C@@H](O)CO[C@H]1CC(O[C@H]2CC(C)(O)[C@H](O)C(C)O2)[C@@H](O)C(C)O1. The van der Waals surface area contributed by atoms with Gasteiger partial charge < -0.3 is 113 Å². The number of ketones is 2. The smallest absolute Gasteiger partial charge is 0.306 e. The maximum Gasteiger partial charge on any atom is 0.306 e. The Kier molecular flexibility index (Phi) is 25.4. The topological polar surface area (TPSA) is 402 Å². The summed E-state index contributed by atoms with van der Waals surface area (Å²) >= 11 is 0. The number of phenolic OH excluding ortho intramolecular Hbond substituents is 2. The first-order chi connectivity index (χ1) is 38.8. The summed E-state index contributed by atoms with van der Waals surface area (Å²) in [6.45, 7) is 15.2. The number of hydrogen-bond acceptors (Lipinski definition) is 26. The van der Waals surface area contributed by atoms with Crippen LogP contribution in [0.2, 0.25) is 0 Å². The summed E-state index contributed by atoms with van der Waals surface area (Å²) in [6, 6.07) is 2.94. The number of carbonyl (C=O) groups excluding carboxylic acids is 3. The fraction of sp³-hybridized carbons (Fsp3) is 0.750. The molecule has 0 amide bonds. The maximum atomic E-state index is 14.9. The number of Topliss-reactive ketones (excluding diaryl/α,β-unsaturated/α-hetero) is 2. The lowest BCUT2D eigenvalue weighted by Gasteiger charge is -2.45. The van der Waals surface area contributed by atoms with Gasteiger partial charge in [-0.2, -0.15) is 0 Å². The number of hydrogen-bond donors (Lipinski definition) is 11. The maximum absolute atomic E-state index is 14.9. The predicted octanol–water partition coefficient (Wildman–Crippen LogP) is 0.909. The van der Waals surface area contributed by atoms with Crippen molar-refractivity contribution in [1.29, 1.82) is 0 Å². The number of aliphatic hydroxyl groups excluding tert-OH is 7. The molecular formula is C56H86O27. The van der Waals surface area contributed by atoms with E-state index in [0.717, 1.165) is 7.11 Å². The van der Waals surface area contributed by atoms with Crippen LogP contribution >= 0.6 is 0 Å². The van der Waals surface area contributed by atoms with Gasteiger partial charge in [0.2, 0.25) is 0 Å². The molecule has 22 atom stereocenters. The van der Waals surface area contributed by atoms with Crippen LogP contribution in [-0.4, -0.2) is 235 Å². The molecule has 27 heteroatoms. The highest BCUT2D eigenvalue weighted by molar-refractivity contribution is 6.11. The molecule has 0 bridgehead atoms. The Morgan fingerprint density at radius 2 is 1.40 bits per heavy atom. The van der Waals surface area contributed by atoms with Gasteiger partial charge in [-0.1, -0.05) is 0 Å². The van der Waals surface area contributed by atoms with Crippen LogP contribution < -0.4 is 4.74 Å². The van der Waals surface area contributed by atoms with Crippen molar-refractivity contribution >= 4 is 34.3 Å². The minimum atomic E-state index is -2.07. The van der Waals surface area contributed by atoms with Crippen LogP contribution in [0.4, 0.5) is 0 Å². The predicted molar refractivity (Wildman–Crippen MR) is 286 cm³/mol. The first-order valence-corrected chi connectivity index (χ1v) is 27.7. The van der Waals surface area contributed by atoms with Crippen molar-refractivity contribution in [3.63, 3.8) is 0 Å². The average Bonchev–Trinajstić information content (AvgIpc) is 3.13. The van der Waals surface area contributed by atoms with Crippen LogP contribution in [0.25, 0.3) is 10.8 Å². The van der Waals surface area contributed by atoms with Crippen molar-refractivity contribution in [3.05, 3.63) is 28.8 Å². The average molecular weight is 1190 g/mol.